The molecule has 0 aliphatic rings. The van der Waals surface area contributed by atoms with Gasteiger partial charge in [0.2, 0.25) is 10.0 Å². The molecule has 1 amide bonds. The Labute approximate surface area is 134 Å². The lowest BCUT2D eigenvalue weighted by molar-refractivity contribution is 0.102. The van der Waals surface area contributed by atoms with E-state index in [9.17, 15) is 17.6 Å². The Morgan fingerprint density at radius 3 is 2.52 bits per heavy atom. The molecular formula is C13H10FIN2O3S. The molecule has 0 fully saturated rings. The molecule has 5 nitrogen and oxygen atoms in total. The molecule has 0 aliphatic carbocycles. The first-order valence-corrected chi connectivity index (χ1v) is 8.29. The Morgan fingerprint density at radius 2 is 1.90 bits per heavy atom. The molecule has 0 aliphatic heterocycles. The Kier molecular flexibility index (Phi) is 4.59. The van der Waals surface area contributed by atoms with E-state index in [0.717, 1.165) is 21.8 Å². The summed E-state index contributed by atoms with van der Waals surface area (Å²) in [5.41, 5.74) is 0.132. The third-order valence-corrected chi connectivity index (χ3v) is 4.22. The van der Waals surface area contributed by atoms with Crippen molar-refractivity contribution in [2.45, 2.75) is 4.90 Å². The summed E-state index contributed by atoms with van der Waals surface area (Å²) in [5.74, 6) is -1.23. The molecule has 21 heavy (non-hydrogen) atoms. The first kappa shape index (κ1) is 15.9. The number of hydrogen-bond donors (Lipinski definition) is 2. The Balaban J connectivity index is 2.40. The van der Waals surface area contributed by atoms with E-state index in [2.05, 4.69) is 5.32 Å². The Morgan fingerprint density at radius 1 is 1.19 bits per heavy atom. The van der Waals surface area contributed by atoms with Crippen LogP contribution < -0.4 is 10.5 Å². The van der Waals surface area contributed by atoms with Gasteiger partial charge in [0.1, 0.15) is 10.7 Å². The molecule has 0 radical (unpaired) electrons. The molecule has 0 saturated carbocycles. The van der Waals surface area contributed by atoms with Gasteiger partial charge < -0.3 is 5.32 Å². The zero-order chi connectivity index (χ0) is 15.6. The molecule has 0 spiro atoms. The van der Waals surface area contributed by atoms with Crippen molar-refractivity contribution >= 4 is 44.2 Å². The fourth-order valence-electron chi connectivity index (χ4n) is 1.67. The van der Waals surface area contributed by atoms with E-state index < -0.39 is 21.7 Å². The van der Waals surface area contributed by atoms with Gasteiger partial charge in [-0.25, -0.2) is 17.9 Å². The molecule has 2 aromatic rings. The van der Waals surface area contributed by atoms with Crippen molar-refractivity contribution in [2.24, 2.45) is 5.14 Å². The van der Waals surface area contributed by atoms with Crippen molar-refractivity contribution in [3.05, 3.63) is 57.4 Å². The van der Waals surface area contributed by atoms with Gasteiger partial charge in [0.25, 0.3) is 5.91 Å². The van der Waals surface area contributed by atoms with Gasteiger partial charge >= 0.3 is 0 Å². The number of sulfonamides is 1. The number of anilines is 1. The van der Waals surface area contributed by atoms with Crippen LogP contribution in [-0.2, 0) is 10.0 Å². The average Bonchev–Trinajstić information content (AvgIpc) is 2.37. The van der Waals surface area contributed by atoms with E-state index in [1.807, 2.05) is 22.6 Å². The summed E-state index contributed by atoms with van der Waals surface area (Å²) in [7, 11) is -4.07. The molecule has 0 bridgehead atoms. The maximum absolute atomic E-state index is 13.3. The minimum atomic E-state index is -4.07. The van der Waals surface area contributed by atoms with E-state index in [4.69, 9.17) is 5.14 Å². The predicted octanol–water partition coefficient (Wildman–Crippen LogP) is 2.33. The lowest BCUT2D eigenvalue weighted by Crippen LogP contribution is -2.18. The summed E-state index contributed by atoms with van der Waals surface area (Å²) in [6.45, 7) is 0. The van der Waals surface area contributed by atoms with Gasteiger partial charge in [-0.15, -0.1) is 0 Å². The second-order valence-electron chi connectivity index (χ2n) is 4.15. The molecule has 2 rings (SSSR count). The summed E-state index contributed by atoms with van der Waals surface area (Å²) < 4.78 is 37.0. The second-order valence-corrected chi connectivity index (χ2v) is 6.93. The number of carbonyl (C=O) groups excluding carboxylic acids is 1. The van der Waals surface area contributed by atoms with Crippen molar-refractivity contribution in [3.8, 4) is 0 Å². The van der Waals surface area contributed by atoms with Crippen LogP contribution in [0, 0.1) is 9.39 Å². The molecule has 0 heterocycles. The third-order valence-electron chi connectivity index (χ3n) is 2.58. The van der Waals surface area contributed by atoms with Crippen LogP contribution >= 0.6 is 22.6 Å². The van der Waals surface area contributed by atoms with E-state index in [-0.39, 0.29) is 10.6 Å². The van der Waals surface area contributed by atoms with Crippen LogP contribution in [0.1, 0.15) is 10.4 Å². The summed E-state index contributed by atoms with van der Waals surface area (Å²) >= 11 is 2.04. The van der Waals surface area contributed by atoms with Gasteiger partial charge in [0.15, 0.2) is 0 Å². The number of primary sulfonamides is 1. The van der Waals surface area contributed by atoms with Gasteiger partial charge in [0, 0.05) is 9.13 Å². The maximum atomic E-state index is 13.3. The van der Waals surface area contributed by atoms with E-state index in [0.29, 0.717) is 5.56 Å². The molecule has 0 unspecified atom stereocenters. The lowest BCUT2D eigenvalue weighted by atomic mass is 10.2. The summed E-state index contributed by atoms with van der Waals surface area (Å²) in [6, 6.07) is 9.54. The largest absolute Gasteiger partial charge is 0.321 e. The molecule has 0 atom stereocenters. The van der Waals surface area contributed by atoms with Crippen molar-refractivity contribution in [2.75, 3.05) is 5.32 Å². The quantitative estimate of drug-likeness (QED) is 0.748. The Bertz CT molecular complexity index is 809. The minimum Gasteiger partial charge on any atom is -0.321 e. The number of hydrogen-bond acceptors (Lipinski definition) is 3. The Hall–Kier alpha value is -1.52. The number of nitrogens with one attached hydrogen (secondary N) is 1. The number of amides is 1. The highest BCUT2D eigenvalue weighted by atomic mass is 127. The van der Waals surface area contributed by atoms with E-state index in [1.165, 1.54) is 0 Å². The molecule has 110 valence electrons. The van der Waals surface area contributed by atoms with Crippen LogP contribution in [0.2, 0.25) is 0 Å². The highest BCUT2D eigenvalue weighted by molar-refractivity contribution is 14.1. The van der Waals surface area contributed by atoms with E-state index >= 15 is 0 Å². The standard InChI is InChI=1S/C13H10FIN2O3S/c14-9-4-5-12(21(16,19)20)11(7-9)17-13(18)8-2-1-3-10(15)6-8/h1-7H,(H,17,18)(H2,16,19,20). The summed E-state index contributed by atoms with van der Waals surface area (Å²) in [5, 5.41) is 7.40. The van der Waals surface area contributed by atoms with Crippen molar-refractivity contribution in [1.82, 2.24) is 0 Å². The van der Waals surface area contributed by atoms with Gasteiger partial charge in [-0.05, 0) is 59.0 Å². The van der Waals surface area contributed by atoms with Gasteiger partial charge in [-0.2, -0.15) is 0 Å². The van der Waals surface area contributed by atoms with Crippen LogP contribution in [0.15, 0.2) is 47.4 Å². The fourth-order valence-corrected chi connectivity index (χ4v) is 2.89. The van der Waals surface area contributed by atoms with Crippen LogP contribution in [0.5, 0.6) is 0 Å². The fraction of sp³-hybridized carbons (Fsp3) is 0. The highest BCUT2D eigenvalue weighted by Crippen LogP contribution is 2.22. The third kappa shape index (κ3) is 3.99. The van der Waals surface area contributed by atoms with Crippen LogP contribution in [0.25, 0.3) is 0 Å². The van der Waals surface area contributed by atoms with Crippen molar-refractivity contribution < 1.29 is 17.6 Å². The maximum Gasteiger partial charge on any atom is 0.255 e. The smallest absolute Gasteiger partial charge is 0.255 e. The SMILES string of the molecule is NS(=O)(=O)c1ccc(F)cc1NC(=O)c1cccc(I)c1. The van der Waals surface area contributed by atoms with Crippen LogP contribution in [0.4, 0.5) is 10.1 Å². The summed E-state index contributed by atoms with van der Waals surface area (Å²) in [4.78, 5) is 11.7. The normalized spacial score (nSPS) is 11.2. The second kappa shape index (κ2) is 6.08. The zero-order valence-electron chi connectivity index (χ0n) is 10.5. The number of halogens is 2. The first-order valence-electron chi connectivity index (χ1n) is 5.66. The predicted molar refractivity (Wildman–Crippen MR) is 84.9 cm³/mol. The number of rotatable bonds is 3. The van der Waals surface area contributed by atoms with E-state index in [1.54, 1.807) is 24.3 Å². The number of carbonyl (C=O) groups is 1. The number of benzene rings is 2. The molecule has 0 aromatic heterocycles. The van der Waals surface area contributed by atoms with Crippen LogP contribution in [-0.4, -0.2) is 14.3 Å². The number of nitrogens with two attached hydrogens (primary N) is 1. The van der Waals surface area contributed by atoms with Gasteiger partial charge in [-0.3, -0.25) is 4.79 Å². The lowest BCUT2D eigenvalue weighted by Gasteiger charge is -2.10. The molecule has 0 saturated heterocycles. The highest BCUT2D eigenvalue weighted by Gasteiger charge is 2.17. The molecule has 3 N–H and O–H groups in total. The first-order chi connectivity index (χ1) is 9.77. The minimum absolute atomic E-state index is 0.193. The summed E-state index contributed by atoms with van der Waals surface area (Å²) in [6.07, 6.45) is 0. The topological polar surface area (TPSA) is 89.3 Å². The monoisotopic (exact) mass is 420 g/mol. The molecular weight excluding hydrogens is 410 g/mol. The van der Waals surface area contributed by atoms with Gasteiger partial charge in [-0.1, -0.05) is 6.07 Å². The molecule has 2 aromatic carbocycles. The van der Waals surface area contributed by atoms with Crippen molar-refractivity contribution in [3.63, 3.8) is 0 Å². The van der Waals surface area contributed by atoms with Crippen molar-refractivity contribution in [1.29, 1.82) is 0 Å². The van der Waals surface area contributed by atoms with Gasteiger partial charge in [0.05, 0.1) is 5.69 Å². The van der Waals surface area contributed by atoms with Crippen LogP contribution in [0.3, 0.4) is 0 Å². The average molecular weight is 420 g/mol. The zero-order valence-corrected chi connectivity index (χ0v) is 13.5. The molecule has 8 heteroatoms.